The molecule has 1 heterocycles. The summed E-state index contributed by atoms with van der Waals surface area (Å²) in [6.45, 7) is 1.83. The molecule has 1 saturated heterocycles. The lowest BCUT2D eigenvalue weighted by Crippen LogP contribution is -2.54. The average molecular weight is 252 g/mol. The zero-order chi connectivity index (χ0) is 12.5. The second-order valence-electron chi connectivity index (χ2n) is 6.30. The molecule has 0 aromatic rings. The van der Waals surface area contributed by atoms with Gasteiger partial charge in [0.05, 0.1) is 5.92 Å². The fourth-order valence-electron chi connectivity index (χ4n) is 3.58. The number of hydrogen-bond donors (Lipinski definition) is 2. The summed E-state index contributed by atoms with van der Waals surface area (Å²) in [4.78, 5) is 13.8. The Bertz CT molecular complexity index is 311. The van der Waals surface area contributed by atoms with Gasteiger partial charge in [-0.05, 0) is 32.1 Å². The van der Waals surface area contributed by atoms with E-state index in [9.17, 15) is 9.90 Å². The maximum Gasteiger partial charge on any atom is 0.307 e. The van der Waals surface area contributed by atoms with E-state index >= 15 is 0 Å². The number of likely N-dealkylation sites (tertiary alicyclic amines) is 1. The van der Waals surface area contributed by atoms with Gasteiger partial charge in [-0.15, -0.1) is 0 Å². The topological polar surface area (TPSA) is 52.6 Å². The van der Waals surface area contributed by atoms with Gasteiger partial charge in [0.2, 0.25) is 0 Å². The summed E-state index contributed by atoms with van der Waals surface area (Å²) in [5.74, 6) is -0.782. The first-order valence-electron chi connectivity index (χ1n) is 7.45. The number of carboxylic acid groups (broad SMARTS) is 1. The van der Waals surface area contributed by atoms with Gasteiger partial charge < -0.3 is 10.4 Å². The number of piperidine rings is 1. The maximum atomic E-state index is 11.3. The van der Waals surface area contributed by atoms with Crippen LogP contribution in [0, 0.1) is 5.92 Å². The van der Waals surface area contributed by atoms with Crippen LogP contribution in [0.5, 0.6) is 0 Å². The van der Waals surface area contributed by atoms with E-state index in [1.54, 1.807) is 0 Å². The molecular formula is C14H24N2O2. The molecule has 0 aromatic carbocycles. The number of carbonyl (C=O) groups is 1. The molecule has 0 amide bonds. The number of nitrogens with one attached hydrogen (secondary N) is 1. The van der Waals surface area contributed by atoms with E-state index in [4.69, 9.17) is 0 Å². The molecule has 0 spiro atoms. The Morgan fingerprint density at radius 3 is 2.39 bits per heavy atom. The Kier molecular flexibility index (Phi) is 3.57. The first-order valence-corrected chi connectivity index (χ1v) is 7.45. The number of rotatable bonds is 4. The fraction of sp³-hybridized carbons (Fsp3) is 0.929. The maximum absolute atomic E-state index is 11.3. The Balaban J connectivity index is 1.62. The predicted molar refractivity (Wildman–Crippen MR) is 69.5 cm³/mol. The summed E-state index contributed by atoms with van der Waals surface area (Å²) in [5, 5.41) is 12.9. The molecule has 3 rings (SSSR count). The van der Waals surface area contributed by atoms with E-state index in [2.05, 4.69) is 10.2 Å². The van der Waals surface area contributed by atoms with Crippen molar-refractivity contribution in [3.05, 3.63) is 0 Å². The molecule has 2 saturated carbocycles. The van der Waals surface area contributed by atoms with E-state index in [0.29, 0.717) is 18.1 Å². The van der Waals surface area contributed by atoms with Crippen molar-refractivity contribution in [2.24, 2.45) is 5.92 Å². The van der Waals surface area contributed by atoms with E-state index < -0.39 is 5.97 Å². The molecule has 2 atom stereocenters. The molecule has 0 radical (unpaired) electrons. The largest absolute Gasteiger partial charge is 0.481 e. The molecule has 0 aromatic heterocycles. The lowest BCUT2D eigenvalue weighted by atomic mass is 9.92. The van der Waals surface area contributed by atoms with Crippen LogP contribution in [-0.4, -0.2) is 47.2 Å². The highest BCUT2D eigenvalue weighted by atomic mass is 16.4. The second-order valence-corrected chi connectivity index (χ2v) is 6.30. The summed E-state index contributed by atoms with van der Waals surface area (Å²) in [5.41, 5.74) is 0. The van der Waals surface area contributed by atoms with Crippen LogP contribution in [0.2, 0.25) is 0 Å². The average Bonchev–Trinajstić information content (AvgIpc) is 2.99. The highest BCUT2D eigenvalue weighted by molar-refractivity contribution is 5.70. The zero-order valence-corrected chi connectivity index (χ0v) is 11.0. The van der Waals surface area contributed by atoms with Crippen molar-refractivity contribution in [2.45, 2.75) is 63.1 Å². The van der Waals surface area contributed by atoms with E-state index in [1.165, 1.54) is 38.5 Å². The molecule has 18 heavy (non-hydrogen) atoms. The Hall–Kier alpha value is -0.610. The number of hydrogen-bond acceptors (Lipinski definition) is 3. The summed E-state index contributed by atoms with van der Waals surface area (Å²) < 4.78 is 0. The summed E-state index contributed by atoms with van der Waals surface area (Å²) in [7, 11) is 0. The van der Waals surface area contributed by atoms with Crippen LogP contribution in [0.3, 0.4) is 0 Å². The van der Waals surface area contributed by atoms with Crippen molar-refractivity contribution in [1.82, 2.24) is 10.2 Å². The van der Waals surface area contributed by atoms with Crippen LogP contribution in [0.25, 0.3) is 0 Å². The molecule has 2 aliphatic carbocycles. The third kappa shape index (κ3) is 2.86. The van der Waals surface area contributed by atoms with Gasteiger partial charge in [-0.3, -0.25) is 9.69 Å². The molecule has 4 heteroatoms. The molecule has 0 bridgehead atoms. The van der Waals surface area contributed by atoms with Crippen molar-refractivity contribution >= 4 is 5.97 Å². The SMILES string of the molecule is O=C(O)C1CC(NC2CC2)CN(C2CCCC2)C1. The third-order valence-corrected chi connectivity index (χ3v) is 4.72. The smallest absolute Gasteiger partial charge is 0.307 e. The first-order chi connectivity index (χ1) is 8.72. The van der Waals surface area contributed by atoms with Gasteiger partial charge in [0, 0.05) is 31.2 Å². The Morgan fingerprint density at radius 2 is 1.78 bits per heavy atom. The number of nitrogens with zero attached hydrogens (tertiary/aromatic N) is 1. The van der Waals surface area contributed by atoms with Gasteiger partial charge in [0.15, 0.2) is 0 Å². The highest BCUT2D eigenvalue weighted by Gasteiger charge is 2.37. The zero-order valence-electron chi connectivity index (χ0n) is 11.0. The monoisotopic (exact) mass is 252 g/mol. The van der Waals surface area contributed by atoms with Crippen LogP contribution >= 0.6 is 0 Å². The normalized spacial score (nSPS) is 34.9. The molecule has 2 N–H and O–H groups in total. The van der Waals surface area contributed by atoms with Gasteiger partial charge in [-0.2, -0.15) is 0 Å². The molecule has 102 valence electrons. The minimum Gasteiger partial charge on any atom is -0.481 e. The number of aliphatic carboxylic acids is 1. The molecule has 1 aliphatic heterocycles. The molecule has 3 aliphatic rings. The number of carboxylic acids is 1. The van der Waals surface area contributed by atoms with E-state index in [0.717, 1.165) is 19.5 Å². The molecular weight excluding hydrogens is 228 g/mol. The predicted octanol–water partition coefficient (Wildman–Crippen LogP) is 1.46. The highest BCUT2D eigenvalue weighted by Crippen LogP contribution is 2.29. The van der Waals surface area contributed by atoms with Crippen molar-refractivity contribution in [1.29, 1.82) is 0 Å². The van der Waals surface area contributed by atoms with Crippen molar-refractivity contribution in [2.75, 3.05) is 13.1 Å². The third-order valence-electron chi connectivity index (χ3n) is 4.72. The molecule has 3 fully saturated rings. The summed E-state index contributed by atoms with van der Waals surface area (Å²) in [6, 6.07) is 1.72. The Labute approximate surface area is 109 Å². The fourth-order valence-corrected chi connectivity index (χ4v) is 3.58. The van der Waals surface area contributed by atoms with Crippen molar-refractivity contribution < 1.29 is 9.90 Å². The minimum absolute atomic E-state index is 0.171. The lowest BCUT2D eigenvalue weighted by Gasteiger charge is -2.40. The van der Waals surface area contributed by atoms with E-state index in [-0.39, 0.29) is 5.92 Å². The Morgan fingerprint density at radius 1 is 1.06 bits per heavy atom. The van der Waals surface area contributed by atoms with Crippen LogP contribution in [0.15, 0.2) is 0 Å². The van der Waals surface area contributed by atoms with Crippen molar-refractivity contribution in [3.63, 3.8) is 0 Å². The van der Waals surface area contributed by atoms with Crippen LogP contribution < -0.4 is 5.32 Å². The van der Waals surface area contributed by atoms with Gasteiger partial charge in [-0.1, -0.05) is 12.8 Å². The quantitative estimate of drug-likeness (QED) is 0.795. The van der Waals surface area contributed by atoms with Gasteiger partial charge >= 0.3 is 5.97 Å². The standard InChI is InChI=1S/C14H24N2O2/c17-14(18)10-7-12(15-11-5-6-11)9-16(8-10)13-3-1-2-4-13/h10-13,15H,1-9H2,(H,17,18). The summed E-state index contributed by atoms with van der Waals surface area (Å²) in [6.07, 6.45) is 8.54. The van der Waals surface area contributed by atoms with Crippen molar-refractivity contribution in [3.8, 4) is 0 Å². The first kappa shape index (κ1) is 12.4. The lowest BCUT2D eigenvalue weighted by molar-refractivity contribution is -0.144. The van der Waals surface area contributed by atoms with Gasteiger partial charge in [0.1, 0.15) is 0 Å². The van der Waals surface area contributed by atoms with E-state index in [1.807, 2.05) is 0 Å². The van der Waals surface area contributed by atoms with Crippen LogP contribution in [0.1, 0.15) is 44.9 Å². The molecule has 2 unspecified atom stereocenters. The van der Waals surface area contributed by atoms with Crippen LogP contribution in [-0.2, 0) is 4.79 Å². The van der Waals surface area contributed by atoms with Gasteiger partial charge in [0.25, 0.3) is 0 Å². The van der Waals surface area contributed by atoms with Gasteiger partial charge in [-0.25, -0.2) is 0 Å². The molecule has 4 nitrogen and oxygen atoms in total. The summed E-state index contributed by atoms with van der Waals surface area (Å²) >= 11 is 0. The second kappa shape index (κ2) is 5.17. The van der Waals surface area contributed by atoms with Crippen LogP contribution in [0.4, 0.5) is 0 Å². The minimum atomic E-state index is -0.611.